The number of fused-ring (bicyclic) bond motifs is 2. The normalized spacial score (nSPS) is 13.8. The van der Waals surface area contributed by atoms with E-state index in [-0.39, 0.29) is 6.42 Å². The van der Waals surface area contributed by atoms with Gasteiger partial charge in [0, 0.05) is 36.7 Å². The number of aryl methyl sites for hydroxylation is 3. The number of hydrogen-bond acceptors (Lipinski definition) is 5. The van der Waals surface area contributed by atoms with E-state index in [9.17, 15) is 9.90 Å². The van der Waals surface area contributed by atoms with Crippen molar-refractivity contribution in [1.29, 1.82) is 0 Å². The number of hydrogen-bond donors (Lipinski definition) is 1. The fourth-order valence-corrected chi connectivity index (χ4v) is 6.44. The minimum atomic E-state index is -0.827. The van der Waals surface area contributed by atoms with E-state index in [1.807, 2.05) is 24.7 Å². The van der Waals surface area contributed by atoms with Crippen LogP contribution in [0.25, 0.3) is 42.8 Å². The van der Waals surface area contributed by atoms with E-state index in [0.717, 1.165) is 72.9 Å². The number of carbonyl (C=O) groups is 1. The maximum atomic E-state index is 11.8. The SMILES string of the molecule is Cc1ccc(-c2c(CC(=O)O)c(C)cc3nc(-c4ccc5c(c4)c(N4CCCC4)nn5C)sc23)cc1. The Morgan fingerprint density at radius 2 is 1.75 bits per heavy atom. The molecule has 0 aliphatic carbocycles. The molecule has 5 aromatic rings. The van der Waals surface area contributed by atoms with Crippen molar-refractivity contribution in [2.24, 2.45) is 7.05 Å². The molecule has 6 nitrogen and oxygen atoms in total. The van der Waals surface area contributed by atoms with Crippen LogP contribution in [0.3, 0.4) is 0 Å². The Morgan fingerprint density at radius 1 is 1.03 bits per heavy atom. The van der Waals surface area contributed by atoms with Gasteiger partial charge in [-0.05, 0) is 67.6 Å². The molecule has 0 spiro atoms. The first-order chi connectivity index (χ1) is 17.4. The lowest BCUT2D eigenvalue weighted by Crippen LogP contribution is -2.18. The zero-order chi connectivity index (χ0) is 25.0. The van der Waals surface area contributed by atoms with Crippen molar-refractivity contribution < 1.29 is 9.90 Å². The van der Waals surface area contributed by atoms with Crippen molar-refractivity contribution in [3.05, 3.63) is 65.2 Å². The Labute approximate surface area is 213 Å². The van der Waals surface area contributed by atoms with Crippen molar-refractivity contribution in [2.75, 3.05) is 18.0 Å². The summed E-state index contributed by atoms with van der Waals surface area (Å²) in [6, 6.07) is 16.8. The fourth-order valence-electron chi connectivity index (χ4n) is 5.31. The second-order valence-electron chi connectivity index (χ2n) is 9.72. The van der Waals surface area contributed by atoms with Crippen molar-refractivity contribution in [1.82, 2.24) is 14.8 Å². The molecule has 0 radical (unpaired) electrons. The lowest BCUT2D eigenvalue weighted by Gasteiger charge is -2.14. The van der Waals surface area contributed by atoms with Crippen LogP contribution in [0.2, 0.25) is 0 Å². The van der Waals surface area contributed by atoms with Gasteiger partial charge >= 0.3 is 5.97 Å². The van der Waals surface area contributed by atoms with E-state index in [1.165, 1.54) is 18.4 Å². The molecule has 0 unspecified atom stereocenters. The Morgan fingerprint density at radius 3 is 2.47 bits per heavy atom. The third kappa shape index (κ3) is 3.84. The summed E-state index contributed by atoms with van der Waals surface area (Å²) in [5.41, 5.74) is 8.07. The quantitative estimate of drug-likeness (QED) is 0.306. The fraction of sp³-hybridized carbons (Fsp3) is 0.276. The zero-order valence-corrected chi connectivity index (χ0v) is 21.5. The highest BCUT2D eigenvalue weighted by Gasteiger charge is 2.22. The molecule has 0 saturated carbocycles. The van der Waals surface area contributed by atoms with Crippen LogP contribution in [0, 0.1) is 13.8 Å². The molecule has 1 N–H and O–H groups in total. The summed E-state index contributed by atoms with van der Waals surface area (Å²) >= 11 is 1.63. The first-order valence-corrected chi connectivity index (χ1v) is 13.1. The van der Waals surface area contributed by atoms with Crippen LogP contribution in [0.1, 0.15) is 29.5 Å². The van der Waals surface area contributed by atoms with Crippen molar-refractivity contribution in [2.45, 2.75) is 33.1 Å². The molecule has 0 amide bonds. The van der Waals surface area contributed by atoms with E-state index in [0.29, 0.717) is 0 Å². The van der Waals surface area contributed by atoms with Gasteiger partial charge in [0.2, 0.25) is 0 Å². The number of nitrogens with zero attached hydrogens (tertiary/aromatic N) is 4. The molecule has 1 fully saturated rings. The molecule has 1 aliphatic heterocycles. The van der Waals surface area contributed by atoms with Gasteiger partial charge in [-0.1, -0.05) is 29.8 Å². The van der Waals surface area contributed by atoms with Crippen LogP contribution in [0.4, 0.5) is 5.82 Å². The molecule has 3 heterocycles. The lowest BCUT2D eigenvalue weighted by molar-refractivity contribution is -0.136. The van der Waals surface area contributed by atoms with Gasteiger partial charge < -0.3 is 10.0 Å². The summed E-state index contributed by atoms with van der Waals surface area (Å²) in [5, 5.41) is 16.6. The van der Waals surface area contributed by atoms with Gasteiger partial charge in [0.1, 0.15) is 5.01 Å². The molecule has 2 aromatic heterocycles. The molecule has 0 atom stereocenters. The number of aliphatic carboxylic acids is 1. The van der Waals surface area contributed by atoms with Crippen LogP contribution in [0.15, 0.2) is 48.5 Å². The van der Waals surface area contributed by atoms with Crippen LogP contribution >= 0.6 is 11.3 Å². The summed E-state index contributed by atoms with van der Waals surface area (Å²) in [5.74, 6) is 0.222. The topological polar surface area (TPSA) is 71.2 Å². The molecule has 1 saturated heterocycles. The van der Waals surface area contributed by atoms with Gasteiger partial charge in [-0.25, -0.2) is 4.98 Å². The zero-order valence-electron chi connectivity index (χ0n) is 20.7. The first-order valence-electron chi connectivity index (χ1n) is 12.3. The van der Waals surface area contributed by atoms with E-state index < -0.39 is 5.97 Å². The molecule has 1 aliphatic rings. The summed E-state index contributed by atoms with van der Waals surface area (Å²) in [4.78, 5) is 19.2. The summed E-state index contributed by atoms with van der Waals surface area (Å²) in [7, 11) is 2.00. The standard InChI is InChI=1S/C29H28N4O2S/c1-17-6-8-19(9-7-17)26-21(16-25(34)35)18(2)14-23-27(26)36-29(30-23)20-10-11-24-22(15-20)28(31-32(24)3)33-12-4-5-13-33/h6-11,14-15H,4-5,12-13,16H2,1-3H3,(H,34,35). The highest BCUT2D eigenvalue weighted by atomic mass is 32.1. The largest absolute Gasteiger partial charge is 0.481 e. The Kier molecular flexibility index (Phi) is 5.52. The Bertz CT molecular complexity index is 1630. The second-order valence-corrected chi connectivity index (χ2v) is 10.7. The van der Waals surface area contributed by atoms with Gasteiger partial charge in [-0.3, -0.25) is 9.48 Å². The number of carboxylic acid groups (broad SMARTS) is 1. The van der Waals surface area contributed by atoms with E-state index in [4.69, 9.17) is 10.1 Å². The number of benzene rings is 3. The molecule has 3 aromatic carbocycles. The molecule has 182 valence electrons. The molecular formula is C29H28N4O2S. The van der Waals surface area contributed by atoms with Gasteiger partial charge in [0.05, 0.1) is 22.2 Å². The number of rotatable bonds is 5. The Hall–Kier alpha value is -3.71. The van der Waals surface area contributed by atoms with Gasteiger partial charge in [0.25, 0.3) is 0 Å². The molecule has 36 heavy (non-hydrogen) atoms. The monoisotopic (exact) mass is 496 g/mol. The molecule has 6 rings (SSSR count). The third-order valence-electron chi connectivity index (χ3n) is 7.16. The van der Waals surface area contributed by atoms with Crippen LogP contribution in [0.5, 0.6) is 0 Å². The Balaban J connectivity index is 1.54. The average Bonchev–Trinajstić information content (AvgIpc) is 3.59. The number of anilines is 1. The molecule has 0 bridgehead atoms. The van der Waals surface area contributed by atoms with Gasteiger partial charge in [-0.2, -0.15) is 5.10 Å². The predicted octanol–water partition coefficient (Wildman–Crippen LogP) is 6.36. The summed E-state index contributed by atoms with van der Waals surface area (Å²) < 4.78 is 2.99. The first kappa shape index (κ1) is 22.7. The van der Waals surface area contributed by atoms with Gasteiger partial charge in [-0.15, -0.1) is 11.3 Å². The van der Waals surface area contributed by atoms with Crippen LogP contribution in [-0.2, 0) is 18.3 Å². The predicted molar refractivity (Wildman–Crippen MR) is 147 cm³/mol. The smallest absolute Gasteiger partial charge is 0.307 e. The van der Waals surface area contributed by atoms with Crippen molar-refractivity contribution in [3.63, 3.8) is 0 Å². The van der Waals surface area contributed by atoms with Crippen LogP contribution in [-0.4, -0.2) is 38.9 Å². The average molecular weight is 497 g/mol. The van der Waals surface area contributed by atoms with Crippen LogP contribution < -0.4 is 4.90 Å². The summed E-state index contributed by atoms with van der Waals surface area (Å²) in [6.07, 6.45) is 2.39. The van der Waals surface area contributed by atoms with Crippen molar-refractivity contribution >= 4 is 44.2 Å². The summed E-state index contributed by atoms with van der Waals surface area (Å²) in [6.45, 7) is 6.13. The van der Waals surface area contributed by atoms with E-state index in [1.54, 1.807) is 11.3 Å². The van der Waals surface area contributed by atoms with E-state index in [2.05, 4.69) is 54.3 Å². The van der Waals surface area contributed by atoms with Gasteiger partial charge in [0.15, 0.2) is 5.82 Å². The number of carboxylic acids is 1. The lowest BCUT2D eigenvalue weighted by atomic mass is 9.93. The number of aromatic nitrogens is 3. The highest BCUT2D eigenvalue weighted by molar-refractivity contribution is 7.22. The third-order valence-corrected chi connectivity index (χ3v) is 8.30. The maximum Gasteiger partial charge on any atom is 0.307 e. The second kappa shape index (κ2) is 8.75. The minimum absolute atomic E-state index is 0.0148. The maximum absolute atomic E-state index is 11.8. The molecular weight excluding hydrogens is 468 g/mol. The highest BCUT2D eigenvalue weighted by Crippen LogP contribution is 2.42. The minimum Gasteiger partial charge on any atom is -0.481 e. The number of thiazole rings is 1. The van der Waals surface area contributed by atoms with E-state index >= 15 is 0 Å². The van der Waals surface area contributed by atoms with Crippen molar-refractivity contribution in [3.8, 4) is 21.7 Å². The molecule has 7 heteroatoms.